The van der Waals surface area contributed by atoms with Crippen molar-refractivity contribution in [3.8, 4) is 0 Å². The average molecular weight is 349 g/mol. The van der Waals surface area contributed by atoms with E-state index in [1.165, 1.54) is 23.1 Å². The Bertz CT molecular complexity index is 770. The van der Waals surface area contributed by atoms with Crippen LogP contribution in [0.25, 0.3) is 0 Å². The number of aromatic nitrogens is 2. The van der Waals surface area contributed by atoms with Crippen molar-refractivity contribution in [3.63, 3.8) is 0 Å². The zero-order valence-corrected chi connectivity index (χ0v) is 14.5. The molecule has 1 amide bonds. The standard InChI is InChI=1S/C18H21F2N3O2/c1-4-23(9-13-14(19)6-5-7-15(13)20)18(24)17-12-8-10(2)25-11(3)16(12)21-22-17/h5-7,10-11H,4,8-9H2,1-3H3,(H,21,22)/t10-,11+/m0/s1. The van der Waals surface area contributed by atoms with Crippen LogP contribution in [0.15, 0.2) is 18.2 Å². The van der Waals surface area contributed by atoms with E-state index in [9.17, 15) is 13.6 Å². The van der Waals surface area contributed by atoms with Crippen molar-refractivity contribution in [3.05, 3.63) is 52.3 Å². The molecule has 0 radical (unpaired) electrons. The second-order valence-corrected chi connectivity index (χ2v) is 6.28. The largest absolute Gasteiger partial charge is 0.369 e. The van der Waals surface area contributed by atoms with E-state index >= 15 is 0 Å². The van der Waals surface area contributed by atoms with Gasteiger partial charge in [0.2, 0.25) is 0 Å². The minimum atomic E-state index is -0.661. The number of carbonyl (C=O) groups is 1. The molecule has 0 saturated heterocycles. The van der Waals surface area contributed by atoms with Crippen molar-refractivity contribution >= 4 is 5.91 Å². The monoisotopic (exact) mass is 349 g/mol. The first-order valence-corrected chi connectivity index (χ1v) is 8.37. The van der Waals surface area contributed by atoms with Crippen LogP contribution < -0.4 is 0 Å². The molecule has 1 aromatic carbocycles. The van der Waals surface area contributed by atoms with Crippen LogP contribution in [0, 0.1) is 11.6 Å². The van der Waals surface area contributed by atoms with Gasteiger partial charge in [-0.15, -0.1) is 0 Å². The molecule has 0 aliphatic carbocycles. The number of nitrogens with one attached hydrogen (secondary N) is 1. The van der Waals surface area contributed by atoms with Crippen molar-refractivity contribution in [2.24, 2.45) is 0 Å². The molecule has 3 rings (SSSR count). The van der Waals surface area contributed by atoms with Crippen molar-refractivity contribution in [2.45, 2.75) is 45.9 Å². The lowest BCUT2D eigenvalue weighted by atomic mass is 9.99. The summed E-state index contributed by atoms with van der Waals surface area (Å²) in [6.45, 7) is 5.78. The second-order valence-electron chi connectivity index (χ2n) is 6.28. The topological polar surface area (TPSA) is 58.2 Å². The van der Waals surface area contributed by atoms with Gasteiger partial charge in [-0.05, 0) is 32.9 Å². The molecule has 134 valence electrons. The predicted molar refractivity (Wildman–Crippen MR) is 88.0 cm³/mol. The Morgan fingerprint density at radius 2 is 2.04 bits per heavy atom. The number of rotatable bonds is 4. The number of nitrogens with zero attached hydrogens (tertiary/aromatic N) is 2. The van der Waals surface area contributed by atoms with Crippen LogP contribution in [-0.4, -0.2) is 33.7 Å². The van der Waals surface area contributed by atoms with Gasteiger partial charge in [0.25, 0.3) is 5.91 Å². The molecule has 0 unspecified atom stereocenters. The van der Waals surface area contributed by atoms with Gasteiger partial charge in [0.15, 0.2) is 5.69 Å². The molecule has 25 heavy (non-hydrogen) atoms. The van der Waals surface area contributed by atoms with Gasteiger partial charge in [-0.25, -0.2) is 8.78 Å². The lowest BCUT2D eigenvalue weighted by Crippen LogP contribution is -2.33. The normalized spacial score (nSPS) is 19.6. The van der Waals surface area contributed by atoms with E-state index in [2.05, 4.69) is 10.2 Å². The average Bonchev–Trinajstić information content (AvgIpc) is 2.98. The molecular weight excluding hydrogens is 328 g/mol. The fourth-order valence-electron chi connectivity index (χ4n) is 3.20. The maximum atomic E-state index is 13.9. The Morgan fingerprint density at radius 3 is 2.68 bits per heavy atom. The van der Waals surface area contributed by atoms with E-state index in [1.54, 1.807) is 6.92 Å². The molecule has 1 aromatic heterocycles. The lowest BCUT2D eigenvalue weighted by molar-refractivity contribution is -0.00702. The van der Waals surface area contributed by atoms with Crippen LogP contribution in [0.2, 0.25) is 0 Å². The highest BCUT2D eigenvalue weighted by Gasteiger charge is 2.31. The summed E-state index contributed by atoms with van der Waals surface area (Å²) in [5.41, 5.74) is 1.79. The summed E-state index contributed by atoms with van der Waals surface area (Å²) in [6.07, 6.45) is 0.376. The van der Waals surface area contributed by atoms with Crippen molar-refractivity contribution in [2.75, 3.05) is 6.54 Å². The van der Waals surface area contributed by atoms with E-state index in [4.69, 9.17) is 4.74 Å². The highest BCUT2D eigenvalue weighted by Crippen LogP contribution is 2.30. The van der Waals surface area contributed by atoms with Crippen LogP contribution in [-0.2, 0) is 17.7 Å². The molecule has 1 aliphatic rings. The summed E-state index contributed by atoms with van der Waals surface area (Å²) in [6, 6.07) is 3.68. The van der Waals surface area contributed by atoms with Crippen LogP contribution >= 0.6 is 0 Å². The first-order valence-electron chi connectivity index (χ1n) is 8.37. The van der Waals surface area contributed by atoms with Crippen molar-refractivity contribution in [1.29, 1.82) is 0 Å². The fourth-order valence-corrected chi connectivity index (χ4v) is 3.20. The minimum absolute atomic E-state index is 0.0225. The van der Waals surface area contributed by atoms with E-state index < -0.39 is 11.6 Å². The Balaban J connectivity index is 1.89. The van der Waals surface area contributed by atoms with Gasteiger partial charge in [-0.1, -0.05) is 6.07 Å². The Kier molecular flexibility index (Phi) is 4.85. The van der Waals surface area contributed by atoms with Crippen molar-refractivity contribution < 1.29 is 18.3 Å². The van der Waals surface area contributed by atoms with Gasteiger partial charge in [-0.2, -0.15) is 5.10 Å². The summed E-state index contributed by atoms with van der Waals surface area (Å²) >= 11 is 0. The number of hydrogen-bond acceptors (Lipinski definition) is 3. The number of fused-ring (bicyclic) bond motifs is 1. The highest BCUT2D eigenvalue weighted by atomic mass is 19.1. The first kappa shape index (κ1) is 17.5. The van der Waals surface area contributed by atoms with Gasteiger partial charge in [-0.3, -0.25) is 9.89 Å². The summed E-state index contributed by atoms with van der Waals surface area (Å²) in [7, 11) is 0. The minimum Gasteiger partial charge on any atom is -0.369 e. The predicted octanol–water partition coefficient (Wildman–Crippen LogP) is 3.37. The summed E-state index contributed by atoms with van der Waals surface area (Å²) in [4.78, 5) is 14.3. The summed E-state index contributed by atoms with van der Waals surface area (Å²) in [5, 5.41) is 7.03. The van der Waals surface area contributed by atoms with E-state index in [0.29, 0.717) is 18.7 Å². The van der Waals surface area contributed by atoms with E-state index in [-0.39, 0.29) is 30.2 Å². The number of benzene rings is 1. The quantitative estimate of drug-likeness (QED) is 0.921. The molecule has 0 saturated carbocycles. The van der Waals surface area contributed by atoms with Crippen LogP contribution in [0.5, 0.6) is 0 Å². The Labute approximate surface area is 145 Å². The van der Waals surface area contributed by atoms with Crippen LogP contribution in [0.1, 0.15) is 54.2 Å². The fraction of sp³-hybridized carbons (Fsp3) is 0.444. The SMILES string of the molecule is CCN(Cc1c(F)cccc1F)C(=O)c1n[nH]c2c1C[C@H](C)O[C@@H]2C. The molecule has 2 atom stereocenters. The summed E-state index contributed by atoms with van der Waals surface area (Å²) in [5.74, 6) is -1.67. The third-order valence-electron chi connectivity index (χ3n) is 4.52. The first-order chi connectivity index (χ1) is 11.9. The van der Waals surface area contributed by atoms with E-state index in [0.717, 1.165) is 11.3 Å². The zero-order chi connectivity index (χ0) is 18.1. The smallest absolute Gasteiger partial charge is 0.274 e. The van der Waals surface area contributed by atoms with E-state index in [1.807, 2.05) is 13.8 Å². The maximum absolute atomic E-state index is 13.9. The Morgan fingerprint density at radius 1 is 1.36 bits per heavy atom. The summed E-state index contributed by atoms with van der Waals surface area (Å²) < 4.78 is 33.5. The zero-order valence-electron chi connectivity index (χ0n) is 14.5. The molecule has 7 heteroatoms. The number of H-pyrrole nitrogens is 1. The van der Waals surface area contributed by atoms with Gasteiger partial charge in [0.05, 0.1) is 24.4 Å². The molecule has 1 N–H and O–H groups in total. The highest BCUT2D eigenvalue weighted by molar-refractivity contribution is 5.94. The van der Waals surface area contributed by atoms with Gasteiger partial charge in [0.1, 0.15) is 11.6 Å². The molecule has 5 nitrogen and oxygen atoms in total. The van der Waals surface area contributed by atoms with Crippen LogP contribution in [0.3, 0.4) is 0 Å². The van der Waals surface area contributed by atoms with Crippen LogP contribution in [0.4, 0.5) is 8.78 Å². The number of amides is 1. The number of ether oxygens (including phenoxy) is 1. The molecular formula is C18H21F2N3O2. The third kappa shape index (κ3) is 3.28. The molecule has 0 fully saturated rings. The van der Waals surface area contributed by atoms with Gasteiger partial charge in [0, 0.05) is 24.1 Å². The molecule has 0 spiro atoms. The lowest BCUT2D eigenvalue weighted by Gasteiger charge is -2.26. The molecule has 2 aromatic rings. The number of halogens is 2. The maximum Gasteiger partial charge on any atom is 0.274 e. The van der Waals surface area contributed by atoms with Gasteiger partial charge < -0.3 is 9.64 Å². The number of hydrogen-bond donors (Lipinski definition) is 1. The second kappa shape index (κ2) is 6.92. The molecule has 0 bridgehead atoms. The number of aromatic amines is 1. The molecule has 2 heterocycles. The Hall–Kier alpha value is -2.28. The number of carbonyl (C=O) groups excluding carboxylic acids is 1. The van der Waals surface area contributed by atoms with Gasteiger partial charge >= 0.3 is 0 Å². The third-order valence-corrected chi connectivity index (χ3v) is 4.52. The van der Waals surface area contributed by atoms with Crippen molar-refractivity contribution in [1.82, 2.24) is 15.1 Å². The molecule has 1 aliphatic heterocycles.